The molecule has 0 saturated carbocycles. The molecule has 3 heteroatoms. The fraction of sp³-hybridized carbons (Fsp3) is 0.200. The second kappa shape index (κ2) is 10.0. The van der Waals surface area contributed by atoms with Crippen LogP contribution in [0.1, 0.15) is 23.2 Å². The molecular formula is C15H18O3. The van der Waals surface area contributed by atoms with E-state index >= 15 is 0 Å². The molecule has 0 fully saturated rings. The average molecular weight is 246 g/mol. The highest BCUT2D eigenvalue weighted by Crippen LogP contribution is 2.09. The van der Waals surface area contributed by atoms with E-state index in [1.807, 2.05) is 18.2 Å². The first-order valence-electron chi connectivity index (χ1n) is 5.60. The Bertz CT molecular complexity index is 372. The summed E-state index contributed by atoms with van der Waals surface area (Å²) >= 11 is 0. The summed E-state index contributed by atoms with van der Waals surface area (Å²) in [5.41, 5.74) is 0.729. The monoisotopic (exact) mass is 246 g/mol. The molecule has 3 nitrogen and oxygen atoms in total. The number of hydrogen-bond donors (Lipinski definition) is 1. The van der Waals surface area contributed by atoms with Crippen LogP contribution in [0.15, 0.2) is 55.6 Å². The summed E-state index contributed by atoms with van der Waals surface area (Å²) in [6.45, 7) is 6.94. The molecule has 1 aromatic rings. The van der Waals surface area contributed by atoms with Gasteiger partial charge in [0.15, 0.2) is 0 Å². The lowest BCUT2D eigenvalue weighted by Crippen LogP contribution is -2.11. The van der Waals surface area contributed by atoms with Crippen LogP contribution in [-0.2, 0) is 4.79 Å². The van der Waals surface area contributed by atoms with Gasteiger partial charge in [-0.3, -0.25) is 9.59 Å². The summed E-state index contributed by atoms with van der Waals surface area (Å²) in [5.74, 6) is -1.12. The van der Waals surface area contributed by atoms with Crippen molar-refractivity contribution < 1.29 is 14.7 Å². The maximum absolute atomic E-state index is 10.4. The Hall–Kier alpha value is -2.16. The zero-order chi connectivity index (χ0) is 13.8. The number of rotatable bonds is 6. The number of benzene rings is 1. The summed E-state index contributed by atoms with van der Waals surface area (Å²) in [6.07, 6.45) is 5.09. The first-order valence-corrected chi connectivity index (χ1v) is 5.60. The fourth-order valence-electron chi connectivity index (χ4n) is 1.23. The highest BCUT2D eigenvalue weighted by atomic mass is 16.4. The Morgan fingerprint density at radius 3 is 1.94 bits per heavy atom. The molecule has 0 spiro atoms. The summed E-state index contributed by atoms with van der Waals surface area (Å²) in [7, 11) is 0. The van der Waals surface area contributed by atoms with Crippen LogP contribution in [0.25, 0.3) is 0 Å². The third kappa shape index (κ3) is 7.17. The number of carbonyl (C=O) groups is 2. The fourth-order valence-corrected chi connectivity index (χ4v) is 1.23. The van der Waals surface area contributed by atoms with Gasteiger partial charge < -0.3 is 5.11 Å². The zero-order valence-corrected chi connectivity index (χ0v) is 10.3. The van der Waals surface area contributed by atoms with E-state index in [-0.39, 0.29) is 5.92 Å². The Kier molecular flexibility index (Phi) is 8.82. The molecule has 0 heterocycles. The molecular weight excluding hydrogens is 228 g/mol. The topological polar surface area (TPSA) is 54.4 Å². The molecule has 96 valence electrons. The third-order valence-corrected chi connectivity index (χ3v) is 2.19. The van der Waals surface area contributed by atoms with E-state index in [1.165, 1.54) is 0 Å². The molecule has 0 unspecified atom stereocenters. The molecule has 0 amide bonds. The molecule has 0 aliphatic rings. The summed E-state index contributed by atoms with van der Waals surface area (Å²) in [6, 6.07) is 9.10. The smallest absolute Gasteiger partial charge is 0.307 e. The standard InChI is InChI=1S/C8H12O2.C7H6O/c1-3-5-7(6-4-2)8(9)10;8-6-7-4-2-1-3-5-7/h3-4,7H,1-2,5-6H2,(H,9,10);1-6H. The van der Waals surface area contributed by atoms with E-state index in [2.05, 4.69) is 13.2 Å². The minimum Gasteiger partial charge on any atom is -0.481 e. The predicted octanol–water partition coefficient (Wildman–Crippen LogP) is 3.34. The Morgan fingerprint density at radius 1 is 1.17 bits per heavy atom. The lowest BCUT2D eigenvalue weighted by atomic mass is 10.0. The minimum atomic E-state index is -0.778. The highest BCUT2D eigenvalue weighted by molar-refractivity contribution is 5.74. The van der Waals surface area contributed by atoms with Crippen molar-refractivity contribution in [2.75, 3.05) is 0 Å². The zero-order valence-electron chi connectivity index (χ0n) is 10.3. The van der Waals surface area contributed by atoms with Gasteiger partial charge in [-0.2, -0.15) is 0 Å². The molecule has 1 N–H and O–H groups in total. The molecule has 0 aliphatic heterocycles. The second-order valence-electron chi connectivity index (χ2n) is 3.61. The van der Waals surface area contributed by atoms with Crippen LogP contribution < -0.4 is 0 Å². The van der Waals surface area contributed by atoms with Gasteiger partial charge in [0.2, 0.25) is 0 Å². The van der Waals surface area contributed by atoms with Crippen molar-refractivity contribution >= 4 is 12.3 Å². The molecule has 0 radical (unpaired) electrons. The Balaban J connectivity index is 0.000000327. The van der Waals surface area contributed by atoms with Crippen LogP contribution in [0.3, 0.4) is 0 Å². The summed E-state index contributed by atoms with van der Waals surface area (Å²) < 4.78 is 0. The second-order valence-corrected chi connectivity index (χ2v) is 3.61. The highest BCUT2D eigenvalue weighted by Gasteiger charge is 2.12. The number of hydrogen-bond acceptors (Lipinski definition) is 2. The summed E-state index contributed by atoms with van der Waals surface area (Å²) in [5, 5.41) is 8.54. The largest absolute Gasteiger partial charge is 0.481 e. The van der Waals surface area contributed by atoms with Crippen LogP contribution in [0, 0.1) is 5.92 Å². The maximum Gasteiger partial charge on any atom is 0.307 e. The van der Waals surface area contributed by atoms with Crippen molar-refractivity contribution in [1.29, 1.82) is 0 Å². The van der Waals surface area contributed by atoms with Crippen molar-refractivity contribution in [1.82, 2.24) is 0 Å². The number of carboxylic acids is 1. The minimum absolute atomic E-state index is 0.338. The van der Waals surface area contributed by atoms with Gasteiger partial charge >= 0.3 is 5.97 Å². The normalized spacial score (nSPS) is 8.94. The van der Waals surface area contributed by atoms with E-state index < -0.39 is 5.97 Å². The van der Waals surface area contributed by atoms with Crippen molar-refractivity contribution in [2.24, 2.45) is 5.92 Å². The van der Waals surface area contributed by atoms with Gasteiger partial charge in [-0.05, 0) is 12.8 Å². The quantitative estimate of drug-likeness (QED) is 0.618. The molecule has 18 heavy (non-hydrogen) atoms. The van der Waals surface area contributed by atoms with Gasteiger partial charge in [0.1, 0.15) is 6.29 Å². The predicted molar refractivity (Wildman–Crippen MR) is 72.6 cm³/mol. The van der Waals surface area contributed by atoms with Gasteiger partial charge in [0.25, 0.3) is 0 Å². The van der Waals surface area contributed by atoms with Crippen molar-refractivity contribution in [3.8, 4) is 0 Å². The van der Waals surface area contributed by atoms with E-state index in [9.17, 15) is 9.59 Å². The first kappa shape index (κ1) is 15.8. The number of carboxylic acid groups (broad SMARTS) is 1. The number of aliphatic carboxylic acids is 1. The number of allylic oxidation sites excluding steroid dienone is 2. The first-order chi connectivity index (χ1) is 8.65. The van der Waals surface area contributed by atoms with E-state index in [0.717, 1.165) is 11.8 Å². The van der Waals surface area contributed by atoms with Gasteiger partial charge in [0, 0.05) is 5.56 Å². The van der Waals surface area contributed by atoms with Crippen LogP contribution in [0.5, 0.6) is 0 Å². The molecule has 0 atom stereocenters. The molecule has 0 saturated heterocycles. The van der Waals surface area contributed by atoms with Crippen molar-refractivity contribution in [2.45, 2.75) is 12.8 Å². The van der Waals surface area contributed by atoms with Gasteiger partial charge in [-0.25, -0.2) is 0 Å². The average Bonchev–Trinajstić information content (AvgIpc) is 2.40. The van der Waals surface area contributed by atoms with Crippen LogP contribution in [-0.4, -0.2) is 17.4 Å². The van der Waals surface area contributed by atoms with Crippen LogP contribution in [0.4, 0.5) is 0 Å². The molecule has 1 aromatic carbocycles. The molecule has 1 rings (SSSR count). The number of aldehydes is 1. The lowest BCUT2D eigenvalue weighted by Gasteiger charge is -2.04. The van der Waals surface area contributed by atoms with Gasteiger partial charge in [-0.15, -0.1) is 13.2 Å². The summed E-state index contributed by atoms with van der Waals surface area (Å²) in [4.78, 5) is 20.4. The molecule has 0 aliphatic carbocycles. The van der Waals surface area contributed by atoms with E-state index in [0.29, 0.717) is 12.8 Å². The lowest BCUT2D eigenvalue weighted by molar-refractivity contribution is -0.141. The molecule has 0 aromatic heterocycles. The maximum atomic E-state index is 10.4. The van der Waals surface area contributed by atoms with E-state index in [4.69, 9.17) is 5.11 Å². The van der Waals surface area contributed by atoms with Crippen molar-refractivity contribution in [3.63, 3.8) is 0 Å². The SMILES string of the molecule is C=CCC(CC=C)C(=O)O.O=Cc1ccccc1. The van der Waals surface area contributed by atoms with Crippen molar-refractivity contribution in [3.05, 3.63) is 61.2 Å². The van der Waals surface area contributed by atoms with Crippen LogP contribution >= 0.6 is 0 Å². The van der Waals surface area contributed by atoms with Crippen LogP contribution in [0.2, 0.25) is 0 Å². The Labute approximate surface area is 107 Å². The van der Waals surface area contributed by atoms with Gasteiger partial charge in [0.05, 0.1) is 5.92 Å². The number of carbonyl (C=O) groups excluding carboxylic acids is 1. The third-order valence-electron chi connectivity index (χ3n) is 2.19. The Morgan fingerprint density at radius 2 is 1.67 bits per heavy atom. The van der Waals surface area contributed by atoms with E-state index in [1.54, 1.807) is 24.3 Å². The molecule has 0 bridgehead atoms. The van der Waals surface area contributed by atoms with Gasteiger partial charge in [-0.1, -0.05) is 42.5 Å².